The number of hydrogen-bond donors (Lipinski definition) is 2. The molecule has 8 heteroatoms. The number of nitrogens with zero attached hydrogens (tertiary/aromatic N) is 1. The number of carbonyl (C=O) groups excluding carboxylic acids is 1. The van der Waals surface area contributed by atoms with Gasteiger partial charge in [-0.2, -0.15) is 0 Å². The Balaban J connectivity index is 1.96. The Bertz CT molecular complexity index is 554. The maximum atomic E-state index is 11.8. The topological polar surface area (TPSA) is 114 Å². The molecule has 2 unspecified atom stereocenters. The molecule has 1 aliphatic rings. The lowest BCUT2D eigenvalue weighted by atomic mass is 10.0. The first-order valence-electron chi connectivity index (χ1n) is 6.32. The molecule has 0 aliphatic carbocycles. The van der Waals surface area contributed by atoms with E-state index in [2.05, 4.69) is 0 Å². The lowest BCUT2D eigenvalue weighted by molar-refractivity contribution is -0.128. The van der Waals surface area contributed by atoms with E-state index in [9.17, 15) is 18.3 Å². The fraction of sp³-hybridized carbons (Fsp3) is 0.583. The minimum atomic E-state index is -3.70. The normalized spacial score (nSPS) is 21.4. The van der Waals surface area contributed by atoms with Gasteiger partial charge in [-0.1, -0.05) is 0 Å². The van der Waals surface area contributed by atoms with Crippen LogP contribution in [0.2, 0.25) is 0 Å². The number of rotatable bonds is 6. The van der Waals surface area contributed by atoms with Gasteiger partial charge in [-0.15, -0.1) is 0 Å². The average Bonchev–Trinajstić information content (AvgIpc) is 2.98. The SMILES string of the molecule is NS(=O)(=O)C1CC(=O)N(CC(CO)Cc2ccco2)C1. The third-order valence-electron chi connectivity index (χ3n) is 3.45. The summed E-state index contributed by atoms with van der Waals surface area (Å²) in [6.07, 6.45) is 1.95. The number of hydrogen-bond acceptors (Lipinski definition) is 5. The van der Waals surface area contributed by atoms with Gasteiger partial charge in [0.15, 0.2) is 0 Å². The van der Waals surface area contributed by atoms with Crippen LogP contribution in [-0.4, -0.2) is 49.3 Å². The predicted octanol–water partition coefficient (Wildman–Crippen LogP) is -0.680. The smallest absolute Gasteiger partial charge is 0.224 e. The molecule has 3 N–H and O–H groups in total. The largest absolute Gasteiger partial charge is 0.469 e. The zero-order valence-corrected chi connectivity index (χ0v) is 11.8. The van der Waals surface area contributed by atoms with Crippen molar-refractivity contribution in [2.75, 3.05) is 19.7 Å². The molecule has 1 amide bonds. The highest BCUT2D eigenvalue weighted by Gasteiger charge is 2.37. The van der Waals surface area contributed by atoms with Crippen LogP contribution in [0.4, 0.5) is 0 Å². The van der Waals surface area contributed by atoms with Crippen molar-refractivity contribution in [1.82, 2.24) is 4.90 Å². The predicted molar refractivity (Wildman–Crippen MR) is 71.1 cm³/mol. The Morgan fingerprint density at radius 2 is 2.30 bits per heavy atom. The Morgan fingerprint density at radius 3 is 2.80 bits per heavy atom. The van der Waals surface area contributed by atoms with Crippen LogP contribution in [0.25, 0.3) is 0 Å². The molecule has 0 spiro atoms. The van der Waals surface area contributed by atoms with Gasteiger partial charge in [0, 0.05) is 38.5 Å². The fourth-order valence-corrected chi connectivity index (χ4v) is 3.11. The quantitative estimate of drug-likeness (QED) is 0.722. The summed E-state index contributed by atoms with van der Waals surface area (Å²) >= 11 is 0. The first kappa shape index (κ1) is 15.0. The molecule has 2 heterocycles. The van der Waals surface area contributed by atoms with E-state index in [0.29, 0.717) is 13.0 Å². The van der Waals surface area contributed by atoms with Crippen LogP contribution in [0.15, 0.2) is 22.8 Å². The summed E-state index contributed by atoms with van der Waals surface area (Å²) in [5, 5.41) is 13.6. The summed E-state index contributed by atoms with van der Waals surface area (Å²) in [5.41, 5.74) is 0. The second kappa shape index (κ2) is 5.94. The Morgan fingerprint density at radius 1 is 1.55 bits per heavy atom. The van der Waals surface area contributed by atoms with Crippen molar-refractivity contribution in [2.45, 2.75) is 18.1 Å². The summed E-state index contributed by atoms with van der Waals surface area (Å²) in [4.78, 5) is 13.2. The number of likely N-dealkylation sites (tertiary alicyclic amines) is 1. The number of amides is 1. The van der Waals surface area contributed by atoms with Crippen molar-refractivity contribution in [2.24, 2.45) is 11.1 Å². The van der Waals surface area contributed by atoms with Gasteiger partial charge in [-0.3, -0.25) is 4.79 Å². The van der Waals surface area contributed by atoms with Crippen molar-refractivity contribution >= 4 is 15.9 Å². The van der Waals surface area contributed by atoms with Crippen molar-refractivity contribution in [3.63, 3.8) is 0 Å². The van der Waals surface area contributed by atoms with Crippen molar-refractivity contribution in [1.29, 1.82) is 0 Å². The minimum absolute atomic E-state index is 0.0856. The van der Waals surface area contributed by atoms with Gasteiger partial charge >= 0.3 is 0 Å². The van der Waals surface area contributed by atoms with E-state index in [1.807, 2.05) is 0 Å². The molecule has 0 bridgehead atoms. The number of sulfonamides is 1. The monoisotopic (exact) mass is 302 g/mol. The van der Waals surface area contributed by atoms with Crippen molar-refractivity contribution in [3.05, 3.63) is 24.2 Å². The summed E-state index contributed by atoms with van der Waals surface area (Å²) in [7, 11) is -3.70. The maximum absolute atomic E-state index is 11.8. The molecule has 0 radical (unpaired) electrons. The standard InChI is InChI=1S/C12H18N2O5S/c13-20(17,18)11-5-12(16)14(7-11)6-9(8-15)4-10-2-1-3-19-10/h1-3,9,11,15H,4-8H2,(H2,13,17,18). The van der Waals surface area contributed by atoms with Gasteiger partial charge < -0.3 is 14.4 Å². The Labute approximate surface area is 117 Å². The molecule has 1 aromatic rings. The zero-order chi connectivity index (χ0) is 14.8. The van der Waals surface area contributed by atoms with Gasteiger partial charge in [0.1, 0.15) is 11.0 Å². The summed E-state index contributed by atoms with van der Waals surface area (Å²) < 4.78 is 27.7. The molecule has 0 saturated carbocycles. The summed E-state index contributed by atoms with van der Waals surface area (Å²) in [6, 6.07) is 3.55. The average molecular weight is 302 g/mol. The van der Waals surface area contributed by atoms with E-state index in [0.717, 1.165) is 5.76 Å². The highest BCUT2D eigenvalue weighted by atomic mass is 32.2. The number of aliphatic hydroxyl groups excluding tert-OH is 1. The molecular weight excluding hydrogens is 284 g/mol. The molecule has 1 aliphatic heterocycles. The lowest BCUT2D eigenvalue weighted by Gasteiger charge is -2.22. The van der Waals surface area contributed by atoms with Crippen LogP contribution in [-0.2, 0) is 21.2 Å². The Hall–Kier alpha value is -1.38. The molecule has 1 saturated heterocycles. The lowest BCUT2D eigenvalue weighted by Crippen LogP contribution is -2.36. The Kier molecular flexibility index (Phi) is 4.46. The van der Waals surface area contributed by atoms with Gasteiger partial charge in [0.05, 0.1) is 6.26 Å². The third kappa shape index (κ3) is 3.59. The molecule has 1 aromatic heterocycles. The van der Waals surface area contributed by atoms with E-state index >= 15 is 0 Å². The molecular formula is C12H18N2O5S. The maximum Gasteiger partial charge on any atom is 0.224 e. The van der Waals surface area contributed by atoms with E-state index in [1.165, 1.54) is 4.90 Å². The summed E-state index contributed by atoms with van der Waals surface area (Å²) in [6.45, 7) is 0.277. The minimum Gasteiger partial charge on any atom is -0.469 e. The number of carbonyl (C=O) groups is 1. The second-order valence-corrected chi connectivity index (χ2v) is 6.89. The van der Waals surface area contributed by atoms with E-state index < -0.39 is 15.3 Å². The van der Waals surface area contributed by atoms with Crippen molar-refractivity contribution in [3.8, 4) is 0 Å². The molecule has 0 aromatic carbocycles. The molecule has 7 nitrogen and oxygen atoms in total. The number of nitrogens with two attached hydrogens (primary N) is 1. The fourth-order valence-electron chi connectivity index (χ4n) is 2.34. The molecule has 2 rings (SSSR count). The highest BCUT2D eigenvalue weighted by Crippen LogP contribution is 2.19. The first-order valence-corrected chi connectivity index (χ1v) is 7.93. The number of aliphatic hydroxyl groups is 1. The number of primary sulfonamides is 1. The van der Waals surface area contributed by atoms with E-state index in [4.69, 9.17) is 9.56 Å². The molecule has 2 atom stereocenters. The second-order valence-electron chi connectivity index (χ2n) is 5.05. The van der Waals surface area contributed by atoms with E-state index in [-0.39, 0.29) is 31.4 Å². The van der Waals surface area contributed by atoms with Gasteiger partial charge in [0.2, 0.25) is 15.9 Å². The molecule has 112 valence electrons. The van der Waals surface area contributed by atoms with Gasteiger partial charge in [0.25, 0.3) is 0 Å². The van der Waals surface area contributed by atoms with Crippen LogP contribution in [0.1, 0.15) is 12.2 Å². The van der Waals surface area contributed by atoms with Crippen LogP contribution in [0.5, 0.6) is 0 Å². The molecule has 1 fully saturated rings. The van der Waals surface area contributed by atoms with Gasteiger partial charge in [-0.25, -0.2) is 13.6 Å². The van der Waals surface area contributed by atoms with E-state index in [1.54, 1.807) is 18.4 Å². The number of furan rings is 1. The highest BCUT2D eigenvalue weighted by molar-refractivity contribution is 7.89. The third-order valence-corrected chi connectivity index (χ3v) is 4.70. The zero-order valence-electron chi connectivity index (χ0n) is 10.9. The van der Waals surface area contributed by atoms with Crippen LogP contribution in [0.3, 0.4) is 0 Å². The first-order chi connectivity index (χ1) is 9.40. The van der Waals surface area contributed by atoms with Gasteiger partial charge in [-0.05, 0) is 12.1 Å². The van der Waals surface area contributed by atoms with Crippen molar-refractivity contribution < 1.29 is 22.7 Å². The summed E-state index contributed by atoms with van der Waals surface area (Å²) in [5.74, 6) is 0.282. The van der Waals surface area contributed by atoms with Crippen LogP contribution in [0, 0.1) is 5.92 Å². The van der Waals surface area contributed by atoms with Crippen LogP contribution >= 0.6 is 0 Å². The van der Waals surface area contributed by atoms with Crippen LogP contribution < -0.4 is 5.14 Å². The molecule has 20 heavy (non-hydrogen) atoms.